The number of halogens is 1. The summed E-state index contributed by atoms with van der Waals surface area (Å²) in [6.07, 6.45) is 7.73. The Balaban J connectivity index is 1.88. The van der Waals surface area contributed by atoms with Crippen LogP contribution in [0.2, 0.25) is 0 Å². The third kappa shape index (κ3) is 2.71. The van der Waals surface area contributed by atoms with Crippen LogP contribution < -0.4 is 0 Å². The van der Waals surface area contributed by atoms with Crippen molar-refractivity contribution in [2.45, 2.75) is 39.0 Å². The van der Waals surface area contributed by atoms with E-state index in [4.69, 9.17) is 4.98 Å². The molecule has 27 heavy (non-hydrogen) atoms. The van der Waals surface area contributed by atoms with Crippen LogP contribution in [0.3, 0.4) is 0 Å². The van der Waals surface area contributed by atoms with Crippen molar-refractivity contribution in [3.05, 3.63) is 50.7 Å². The van der Waals surface area contributed by atoms with E-state index >= 15 is 0 Å². The second-order valence-corrected chi connectivity index (χ2v) is 8.55. The van der Waals surface area contributed by atoms with Crippen molar-refractivity contribution in [1.82, 2.24) is 15.2 Å². The lowest BCUT2D eigenvalue weighted by molar-refractivity contribution is 0.467. The Morgan fingerprint density at radius 2 is 1.89 bits per heavy atom. The van der Waals surface area contributed by atoms with Crippen LogP contribution in [0.15, 0.2) is 30.5 Å². The Morgan fingerprint density at radius 1 is 1.07 bits per heavy atom. The van der Waals surface area contributed by atoms with Crippen molar-refractivity contribution >= 4 is 44.4 Å². The molecule has 0 fully saturated rings. The lowest BCUT2D eigenvalue weighted by atomic mass is 9.92. The van der Waals surface area contributed by atoms with Crippen LogP contribution >= 0.6 is 22.6 Å². The summed E-state index contributed by atoms with van der Waals surface area (Å²) in [5.74, 6) is 0.367. The number of hydrogen-bond donors (Lipinski definition) is 2. The fraction of sp³-hybridized carbons (Fsp3) is 0.273. The molecule has 2 N–H and O–H groups in total. The molecule has 0 saturated heterocycles. The summed E-state index contributed by atoms with van der Waals surface area (Å²) >= 11 is 2.20. The molecule has 2 aromatic carbocycles. The van der Waals surface area contributed by atoms with Gasteiger partial charge in [-0.2, -0.15) is 5.10 Å². The number of aromatic amines is 1. The number of fused-ring (bicyclic) bond motifs is 5. The lowest BCUT2D eigenvalue weighted by Gasteiger charge is -2.17. The van der Waals surface area contributed by atoms with Gasteiger partial charge in [0.05, 0.1) is 26.5 Å². The normalized spacial score (nSPS) is 14.4. The van der Waals surface area contributed by atoms with Crippen molar-refractivity contribution in [3.63, 3.8) is 0 Å². The van der Waals surface area contributed by atoms with Crippen LogP contribution in [0, 0.1) is 10.5 Å². The fourth-order valence-electron chi connectivity index (χ4n) is 4.34. The van der Waals surface area contributed by atoms with Crippen LogP contribution in [0.25, 0.3) is 33.1 Å². The zero-order chi connectivity index (χ0) is 18.5. The predicted octanol–water partition coefficient (Wildman–Crippen LogP) is 5.67. The molecule has 5 heteroatoms. The van der Waals surface area contributed by atoms with Gasteiger partial charge in [-0.15, -0.1) is 0 Å². The second kappa shape index (κ2) is 6.48. The van der Waals surface area contributed by atoms with Gasteiger partial charge in [-0.1, -0.05) is 6.42 Å². The Morgan fingerprint density at radius 3 is 2.70 bits per heavy atom. The molecule has 0 amide bonds. The van der Waals surface area contributed by atoms with E-state index in [0.29, 0.717) is 5.75 Å². The third-order valence-electron chi connectivity index (χ3n) is 5.67. The summed E-state index contributed by atoms with van der Waals surface area (Å²) in [4.78, 5) is 5.12. The lowest BCUT2D eigenvalue weighted by Crippen LogP contribution is -2.01. The minimum atomic E-state index is 0.367. The average molecular weight is 469 g/mol. The Kier molecular flexibility index (Phi) is 4.07. The molecule has 0 unspecified atom stereocenters. The van der Waals surface area contributed by atoms with Gasteiger partial charge in [0.1, 0.15) is 5.75 Å². The van der Waals surface area contributed by atoms with E-state index in [1.54, 1.807) is 0 Å². The molecule has 1 aliphatic carbocycles. The number of nitrogens with zero attached hydrogens (tertiary/aromatic N) is 2. The van der Waals surface area contributed by atoms with Gasteiger partial charge in [-0.3, -0.25) is 5.10 Å². The molecule has 136 valence electrons. The number of H-pyrrole nitrogens is 1. The summed E-state index contributed by atoms with van der Waals surface area (Å²) in [5, 5.41) is 20.0. The maximum absolute atomic E-state index is 10.2. The number of aromatic hydroxyl groups is 1. The number of pyridine rings is 1. The predicted molar refractivity (Wildman–Crippen MR) is 117 cm³/mol. The minimum Gasteiger partial charge on any atom is -0.507 e. The first kappa shape index (κ1) is 17.0. The maximum atomic E-state index is 10.2. The summed E-state index contributed by atoms with van der Waals surface area (Å²) in [6.45, 7) is 1.95. The van der Waals surface area contributed by atoms with E-state index in [-0.39, 0.29) is 0 Å². The number of aryl methyl sites for hydroxylation is 2. The molecule has 5 rings (SSSR count). The zero-order valence-electron chi connectivity index (χ0n) is 15.1. The van der Waals surface area contributed by atoms with Gasteiger partial charge in [-0.05, 0) is 96.2 Å². The summed E-state index contributed by atoms with van der Waals surface area (Å²) in [7, 11) is 0. The Bertz CT molecular complexity index is 1170. The monoisotopic (exact) mass is 469 g/mol. The van der Waals surface area contributed by atoms with Crippen LogP contribution in [0.4, 0.5) is 0 Å². The molecule has 2 aromatic heterocycles. The van der Waals surface area contributed by atoms with Gasteiger partial charge in [-0.25, -0.2) is 4.98 Å². The Hall–Kier alpha value is -2.15. The van der Waals surface area contributed by atoms with Gasteiger partial charge in [0, 0.05) is 16.3 Å². The Labute approximate surface area is 171 Å². The number of phenols is 1. The van der Waals surface area contributed by atoms with E-state index in [2.05, 4.69) is 57.1 Å². The highest BCUT2D eigenvalue weighted by Crippen LogP contribution is 2.39. The van der Waals surface area contributed by atoms with E-state index in [1.807, 2.05) is 13.1 Å². The van der Waals surface area contributed by atoms with E-state index < -0.39 is 0 Å². The maximum Gasteiger partial charge on any atom is 0.131 e. The third-order valence-corrected chi connectivity index (χ3v) is 6.49. The summed E-state index contributed by atoms with van der Waals surface area (Å²) in [5.41, 5.74) is 7.96. The number of benzene rings is 2. The first-order valence-corrected chi connectivity index (χ1v) is 10.5. The number of phenolic OH excluding ortho intramolecular Hbond substituents is 1. The van der Waals surface area contributed by atoms with Gasteiger partial charge in [0.15, 0.2) is 0 Å². The standard InChI is InChI=1S/C22H20IN3O/c1-12-9-13(10-17(23)22(12)27)21-15-6-4-2-3-5-14(15)20-16-11-24-26-18(16)7-8-19(20)25-21/h7-11,27H,2-6H2,1H3,(H,24,26). The summed E-state index contributed by atoms with van der Waals surface area (Å²) < 4.78 is 0.872. The summed E-state index contributed by atoms with van der Waals surface area (Å²) in [6, 6.07) is 8.28. The number of nitrogens with one attached hydrogen (secondary N) is 1. The SMILES string of the molecule is Cc1cc(-c2nc3ccc4[nH]ncc4c3c3c2CCCCC3)cc(I)c1O. The van der Waals surface area contributed by atoms with Crippen molar-refractivity contribution < 1.29 is 5.11 Å². The van der Waals surface area contributed by atoms with Crippen molar-refractivity contribution in [3.8, 4) is 17.0 Å². The zero-order valence-corrected chi connectivity index (χ0v) is 17.3. The molecule has 0 aliphatic heterocycles. The van der Waals surface area contributed by atoms with E-state index in [0.717, 1.165) is 44.3 Å². The largest absolute Gasteiger partial charge is 0.507 e. The molecule has 4 nitrogen and oxygen atoms in total. The number of hydrogen-bond acceptors (Lipinski definition) is 3. The molecule has 1 aliphatic rings. The molecule has 0 bridgehead atoms. The second-order valence-electron chi connectivity index (χ2n) is 7.39. The quantitative estimate of drug-likeness (QED) is 0.279. The van der Waals surface area contributed by atoms with Gasteiger partial charge in [0.2, 0.25) is 0 Å². The van der Waals surface area contributed by atoms with Crippen molar-refractivity contribution in [2.75, 3.05) is 0 Å². The van der Waals surface area contributed by atoms with Crippen LogP contribution in [-0.2, 0) is 12.8 Å². The number of aromatic nitrogens is 3. The highest BCUT2D eigenvalue weighted by molar-refractivity contribution is 14.1. The van der Waals surface area contributed by atoms with Gasteiger partial charge in [0.25, 0.3) is 0 Å². The molecule has 2 heterocycles. The highest BCUT2D eigenvalue weighted by atomic mass is 127. The van der Waals surface area contributed by atoms with Crippen LogP contribution in [-0.4, -0.2) is 20.3 Å². The fourth-order valence-corrected chi connectivity index (χ4v) is 5.10. The van der Waals surface area contributed by atoms with Crippen LogP contribution in [0.1, 0.15) is 36.0 Å². The van der Waals surface area contributed by atoms with E-state index in [1.165, 1.54) is 41.2 Å². The minimum absolute atomic E-state index is 0.367. The topological polar surface area (TPSA) is 61.8 Å². The average Bonchev–Trinajstić information content (AvgIpc) is 3.01. The van der Waals surface area contributed by atoms with Crippen molar-refractivity contribution in [2.24, 2.45) is 0 Å². The van der Waals surface area contributed by atoms with Gasteiger partial charge >= 0.3 is 0 Å². The van der Waals surface area contributed by atoms with Crippen molar-refractivity contribution in [1.29, 1.82) is 0 Å². The molecule has 0 spiro atoms. The first-order valence-electron chi connectivity index (χ1n) is 9.40. The van der Waals surface area contributed by atoms with Crippen LogP contribution in [0.5, 0.6) is 5.75 Å². The van der Waals surface area contributed by atoms with E-state index in [9.17, 15) is 5.11 Å². The number of rotatable bonds is 1. The molecule has 0 saturated carbocycles. The van der Waals surface area contributed by atoms with Gasteiger partial charge < -0.3 is 5.11 Å². The molecular weight excluding hydrogens is 449 g/mol. The smallest absolute Gasteiger partial charge is 0.131 e. The molecule has 0 atom stereocenters. The highest BCUT2D eigenvalue weighted by Gasteiger charge is 2.21. The molecule has 0 radical (unpaired) electrons. The molecular formula is C22H20IN3O. The molecule has 4 aromatic rings. The first-order chi connectivity index (χ1) is 13.1.